The average Bonchev–Trinajstić information content (AvgIpc) is 3.92. The molecule has 0 N–H and O–H groups in total. The van der Waals surface area contributed by atoms with Gasteiger partial charge in [-0.25, -0.2) is 0 Å². The lowest BCUT2D eigenvalue weighted by atomic mass is 9.92. The van der Waals surface area contributed by atoms with Crippen molar-refractivity contribution in [3.63, 3.8) is 0 Å². The van der Waals surface area contributed by atoms with Gasteiger partial charge in [0.1, 0.15) is 11.2 Å². The van der Waals surface area contributed by atoms with E-state index in [1.807, 2.05) is 6.07 Å². The number of rotatable bonds is 8. The monoisotopic (exact) mass is 804 g/mol. The predicted molar refractivity (Wildman–Crippen MR) is 264 cm³/mol. The molecule has 3 nitrogen and oxygen atoms in total. The molecule has 2 aromatic heterocycles. The predicted octanol–water partition coefficient (Wildman–Crippen LogP) is 16.8. The Morgan fingerprint density at radius 2 is 0.841 bits per heavy atom. The molecule has 0 amide bonds. The molecule has 0 spiro atoms. The van der Waals surface area contributed by atoms with Crippen LogP contribution in [0, 0.1) is 0 Å². The Hall–Kier alpha value is -8.40. The fourth-order valence-electron chi connectivity index (χ4n) is 9.59. The lowest BCUT2D eigenvalue weighted by Crippen LogP contribution is -2.11. The number of nitrogens with zero attached hydrogens (tertiary/aromatic N) is 2. The van der Waals surface area contributed by atoms with Gasteiger partial charge in [-0.15, -0.1) is 0 Å². The summed E-state index contributed by atoms with van der Waals surface area (Å²) in [5.74, 6) is 0. The molecule has 0 atom stereocenters. The second-order valence-electron chi connectivity index (χ2n) is 16.0. The third-order valence-corrected chi connectivity index (χ3v) is 12.4. The van der Waals surface area contributed by atoms with Crippen LogP contribution in [0.2, 0.25) is 0 Å². The minimum Gasteiger partial charge on any atom is -0.455 e. The molecule has 12 rings (SSSR count). The molecule has 0 bridgehead atoms. The topological polar surface area (TPSA) is 21.3 Å². The third kappa shape index (κ3) is 6.21. The Balaban J connectivity index is 1.16. The molecule has 63 heavy (non-hydrogen) atoms. The van der Waals surface area contributed by atoms with Gasteiger partial charge in [0, 0.05) is 44.2 Å². The van der Waals surface area contributed by atoms with Gasteiger partial charge < -0.3 is 13.9 Å². The highest BCUT2D eigenvalue weighted by Crippen LogP contribution is 2.48. The minimum absolute atomic E-state index is 0.889. The van der Waals surface area contributed by atoms with Gasteiger partial charge in [0.2, 0.25) is 0 Å². The van der Waals surface area contributed by atoms with Gasteiger partial charge >= 0.3 is 0 Å². The molecule has 0 fully saturated rings. The van der Waals surface area contributed by atoms with Crippen molar-refractivity contribution in [3.05, 3.63) is 243 Å². The van der Waals surface area contributed by atoms with Crippen molar-refractivity contribution in [1.82, 2.24) is 4.57 Å². The first-order valence-corrected chi connectivity index (χ1v) is 21.5. The van der Waals surface area contributed by atoms with Crippen LogP contribution >= 0.6 is 0 Å². The van der Waals surface area contributed by atoms with Gasteiger partial charge in [-0.05, 0) is 99.6 Å². The Morgan fingerprint density at radius 1 is 0.333 bits per heavy atom. The summed E-state index contributed by atoms with van der Waals surface area (Å²) in [4.78, 5) is 2.46. The summed E-state index contributed by atoms with van der Waals surface area (Å²) in [5.41, 5.74) is 17.5. The van der Waals surface area contributed by atoms with Crippen molar-refractivity contribution < 1.29 is 4.42 Å². The summed E-state index contributed by atoms with van der Waals surface area (Å²) in [5, 5.41) is 4.61. The molecule has 0 aliphatic heterocycles. The number of benzene rings is 10. The van der Waals surface area contributed by atoms with E-state index in [2.05, 4.69) is 246 Å². The number of aromatic nitrogens is 1. The lowest BCUT2D eigenvalue weighted by molar-refractivity contribution is 0.670. The SMILES string of the molecule is c1ccc(-c2ccc(N(c3ccc(-c4cccc5c4oc4ccccc45)c(-c4ccccc4)c3)c3cccc4c3c3ccccc3n4-c3ccccc3)cc2-c2ccccc2)cc1. The summed E-state index contributed by atoms with van der Waals surface area (Å²) in [7, 11) is 0. The summed E-state index contributed by atoms with van der Waals surface area (Å²) in [6.07, 6.45) is 0. The van der Waals surface area contributed by atoms with Gasteiger partial charge in [-0.3, -0.25) is 0 Å². The molecular weight excluding hydrogens is 765 g/mol. The lowest BCUT2D eigenvalue weighted by Gasteiger charge is -2.29. The van der Waals surface area contributed by atoms with Crippen molar-refractivity contribution in [2.45, 2.75) is 0 Å². The van der Waals surface area contributed by atoms with Crippen molar-refractivity contribution >= 4 is 60.8 Å². The maximum absolute atomic E-state index is 6.66. The number of fused-ring (bicyclic) bond motifs is 6. The standard InChI is InChI=1S/C60H40N2O/c1-5-19-41(20-6-1)47-37-35-45(39-53(47)42-21-7-2-8-22-42)61(56-32-18-33-57-59(56)52-28-13-15-31-55(52)62(57)44-25-11-4-12-26-44)46-36-38-48(54(40-46)43-23-9-3-10-24-43)50-29-17-30-51-49-27-14-16-34-58(49)63-60(50)51/h1-40H. The highest BCUT2D eigenvalue weighted by atomic mass is 16.3. The maximum atomic E-state index is 6.66. The van der Waals surface area contributed by atoms with E-state index in [-0.39, 0.29) is 0 Å². The van der Waals surface area contributed by atoms with Crippen LogP contribution in [0.5, 0.6) is 0 Å². The van der Waals surface area contributed by atoms with Gasteiger partial charge in [0.25, 0.3) is 0 Å². The molecule has 0 aliphatic carbocycles. The van der Waals surface area contributed by atoms with Crippen molar-refractivity contribution in [3.8, 4) is 50.2 Å². The van der Waals surface area contributed by atoms with Gasteiger partial charge in [-0.1, -0.05) is 182 Å². The van der Waals surface area contributed by atoms with E-state index in [1.54, 1.807) is 0 Å². The van der Waals surface area contributed by atoms with Crippen LogP contribution in [-0.4, -0.2) is 4.57 Å². The summed E-state index contributed by atoms with van der Waals surface area (Å²) >= 11 is 0. The zero-order chi connectivity index (χ0) is 41.7. The van der Waals surface area contributed by atoms with E-state index >= 15 is 0 Å². The molecule has 0 saturated heterocycles. The fraction of sp³-hybridized carbons (Fsp3) is 0. The van der Waals surface area contributed by atoms with E-state index in [0.29, 0.717) is 0 Å². The molecule has 12 aromatic rings. The number of para-hydroxylation sites is 4. The highest BCUT2D eigenvalue weighted by Gasteiger charge is 2.24. The van der Waals surface area contributed by atoms with Crippen molar-refractivity contribution in [1.29, 1.82) is 0 Å². The second-order valence-corrected chi connectivity index (χ2v) is 16.0. The number of anilines is 3. The Morgan fingerprint density at radius 3 is 1.52 bits per heavy atom. The summed E-state index contributed by atoms with van der Waals surface area (Å²) in [6.45, 7) is 0. The summed E-state index contributed by atoms with van der Waals surface area (Å²) < 4.78 is 9.06. The van der Waals surface area contributed by atoms with E-state index in [0.717, 1.165) is 83.5 Å². The van der Waals surface area contributed by atoms with Crippen LogP contribution in [0.3, 0.4) is 0 Å². The smallest absolute Gasteiger partial charge is 0.143 e. The average molecular weight is 805 g/mol. The van der Waals surface area contributed by atoms with Crippen molar-refractivity contribution in [2.75, 3.05) is 4.90 Å². The number of furan rings is 1. The molecule has 3 heteroatoms. The fourth-order valence-corrected chi connectivity index (χ4v) is 9.59. The van der Waals surface area contributed by atoms with Crippen LogP contribution in [0.1, 0.15) is 0 Å². The van der Waals surface area contributed by atoms with Crippen LogP contribution in [0.4, 0.5) is 17.1 Å². The minimum atomic E-state index is 0.889. The number of hydrogen-bond donors (Lipinski definition) is 0. The quantitative estimate of drug-likeness (QED) is 0.153. The Bertz CT molecular complexity index is 3610. The normalized spacial score (nSPS) is 11.5. The van der Waals surface area contributed by atoms with Crippen LogP contribution < -0.4 is 4.90 Å². The first-order valence-electron chi connectivity index (χ1n) is 21.5. The highest BCUT2D eigenvalue weighted by molar-refractivity contribution is 6.17. The van der Waals surface area contributed by atoms with E-state index in [4.69, 9.17) is 4.42 Å². The third-order valence-electron chi connectivity index (χ3n) is 12.4. The Kier molecular flexibility index (Phi) is 8.83. The van der Waals surface area contributed by atoms with Crippen LogP contribution in [0.25, 0.3) is 93.9 Å². The van der Waals surface area contributed by atoms with Gasteiger partial charge in [0.15, 0.2) is 0 Å². The van der Waals surface area contributed by atoms with Gasteiger partial charge in [0.05, 0.1) is 16.7 Å². The molecule has 0 unspecified atom stereocenters. The first-order chi connectivity index (χ1) is 31.3. The van der Waals surface area contributed by atoms with E-state index < -0.39 is 0 Å². The van der Waals surface area contributed by atoms with Gasteiger partial charge in [-0.2, -0.15) is 0 Å². The molecule has 0 saturated carbocycles. The molecule has 0 aliphatic rings. The molecule has 0 radical (unpaired) electrons. The maximum Gasteiger partial charge on any atom is 0.143 e. The summed E-state index contributed by atoms with van der Waals surface area (Å²) in [6, 6.07) is 87.2. The van der Waals surface area contributed by atoms with Crippen LogP contribution in [-0.2, 0) is 0 Å². The molecule has 10 aromatic carbocycles. The second kappa shape index (κ2) is 15.3. The zero-order valence-corrected chi connectivity index (χ0v) is 34.4. The van der Waals surface area contributed by atoms with Crippen LogP contribution in [0.15, 0.2) is 247 Å². The first kappa shape index (κ1) is 36.5. The largest absolute Gasteiger partial charge is 0.455 e. The molecular formula is C60H40N2O. The van der Waals surface area contributed by atoms with E-state index in [1.165, 1.54) is 27.5 Å². The number of hydrogen-bond acceptors (Lipinski definition) is 2. The van der Waals surface area contributed by atoms with Crippen molar-refractivity contribution in [2.24, 2.45) is 0 Å². The zero-order valence-electron chi connectivity index (χ0n) is 34.4. The molecule has 296 valence electrons. The van der Waals surface area contributed by atoms with E-state index in [9.17, 15) is 0 Å². The molecule has 2 heterocycles. The Labute approximate surface area is 366 Å².